The molecule has 1 aromatic rings. The molecular weight excluding hydrogens is 246 g/mol. The topological polar surface area (TPSA) is 56.8 Å². The summed E-state index contributed by atoms with van der Waals surface area (Å²) < 4.78 is 14.6. The van der Waals surface area contributed by atoms with Crippen LogP contribution in [0.3, 0.4) is 0 Å². The number of fused-ring (bicyclic) bond motifs is 1. The van der Waals surface area contributed by atoms with Gasteiger partial charge in [-0.2, -0.15) is 0 Å². The lowest BCUT2D eigenvalue weighted by Gasteiger charge is -2.07. The van der Waals surface area contributed by atoms with Crippen LogP contribution >= 0.6 is 0 Å². The van der Waals surface area contributed by atoms with Gasteiger partial charge in [0.15, 0.2) is 0 Å². The van der Waals surface area contributed by atoms with Crippen LogP contribution in [0.4, 0.5) is 5.69 Å². The molecule has 106 valence electrons. The summed E-state index contributed by atoms with van der Waals surface area (Å²) in [6, 6.07) is 6.17. The van der Waals surface area contributed by atoms with E-state index in [2.05, 4.69) is 22.2 Å². The van der Waals surface area contributed by atoms with Gasteiger partial charge < -0.3 is 19.5 Å². The Kier molecular flexibility index (Phi) is 7.43. The lowest BCUT2D eigenvalue weighted by Crippen LogP contribution is -2.04. The fourth-order valence-electron chi connectivity index (χ4n) is 1.68. The van der Waals surface area contributed by atoms with Crippen LogP contribution in [0.25, 0.3) is 0 Å². The van der Waals surface area contributed by atoms with Gasteiger partial charge in [-0.1, -0.05) is 0 Å². The van der Waals surface area contributed by atoms with Gasteiger partial charge in [0.25, 0.3) is 6.47 Å². The van der Waals surface area contributed by atoms with E-state index in [0.29, 0.717) is 26.3 Å². The molecule has 0 aromatic heterocycles. The highest BCUT2D eigenvalue weighted by Gasteiger charge is 2.09. The average molecular weight is 267 g/mol. The van der Waals surface area contributed by atoms with E-state index >= 15 is 0 Å². The molecule has 5 nitrogen and oxygen atoms in total. The average Bonchev–Trinajstić information content (AvgIpc) is 2.88. The van der Waals surface area contributed by atoms with Crippen molar-refractivity contribution in [1.29, 1.82) is 0 Å². The van der Waals surface area contributed by atoms with Crippen molar-refractivity contribution in [3.8, 4) is 5.75 Å². The summed E-state index contributed by atoms with van der Waals surface area (Å²) in [5.41, 5.74) is 2.59. The Morgan fingerprint density at radius 2 is 2.21 bits per heavy atom. The van der Waals surface area contributed by atoms with Crippen molar-refractivity contribution in [2.75, 3.05) is 38.8 Å². The summed E-state index contributed by atoms with van der Waals surface area (Å²) in [6.07, 6.45) is 1.09. The molecule has 1 aliphatic heterocycles. The second-order valence-electron chi connectivity index (χ2n) is 3.89. The molecule has 19 heavy (non-hydrogen) atoms. The number of anilines is 1. The van der Waals surface area contributed by atoms with Crippen LogP contribution in [-0.4, -0.2) is 39.9 Å². The summed E-state index contributed by atoms with van der Waals surface area (Å²) in [4.78, 5) is 9.18. The number of hydrogen-bond acceptors (Lipinski definition) is 5. The molecule has 1 aliphatic rings. The molecule has 0 radical (unpaired) electrons. The number of carbonyl (C=O) groups is 1. The van der Waals surface area contributed by atoms with E-state index in [4.69, 9.17) is 9.47 Å². The molecular formula is C14H21NO4. The van der Waals surface area contributed by atoms with Gasteiger partial charge >= 0.3 is 0 Å². The van der Waals surface area contributed by atoms with Gasteiger partial charge in [-0.25, -0.2) is 0 Å². The zero-order chi connectivity index (χ0) is 13.9. The minimum Gasteiger partial charge on any atom is -0.491 e. The van der Waals surface area contributed by atoms with Crippen molar-refractivity contribution in [2.24, 2.45) is 0 Å². The van der Waals surface area contributed by atoms with Crippen LogP contribution in [0.1, 0.15) is 12.5 Å². The fourth-order valence-corrected chi connectivity index (χ4v) is 1.68. The maximum atomic E-state index is 9.18. The third-order valence-corrected chi connectivity index (χ3v) is 2.58. The number of hydrogen-bond donors (Lipinski definition) is 1. The summed E-state index contributed by atoms with van der Waals surface area (Å²) in [6.45, 7) is 4.95. The third-order valence-electron chi connectivity index (χ3n) is 2.58. The Morgan fingerprint density at radius 1 is 1.37 bits per heavy atom. The molecule has 0 atom stereocenters. The van der Waals surface area contributed by atoms with Crippen molar-refractivity contribution in [1.82, 2.24) is 0 Å². The van der Waals surface area contributed by atoms with Crippen molar-refractivity contribution >= 4 is 12.2 Å². The first-order valence-corrected chi connectivity index (χ1v) is 6.35. The first kappa shape index (κ1) is 15.3. The number of nitrogens with one attached hydrogen (secondary N) is 1. The van der Waals surface area contributed by atoms with Gasteiger partial charge in [-0.15, -0.1) is 0 Å². The van der Waals surface area contributed by atoms with Gasteiger partial charge in [0, 0.05) is 19.3 Å². The number of benzene rings is 1. The van der Waals surface area contributed by atoms with Crippen LogP contribution in [0.2, 0.25) is 0 Å². The van der Waals surface area contributed by atoms with Gasteiger partial charge in [-0.3, -0.25) is 4.79 Å². The number of methoxy groups -OCH3 is 1. The predicted octanol–water partition coefficient (Wildman–Crippen LogP) is 1.86. The number of rotatable bonds is 6. The number of ether oxygens (including phenoxy) is 3. The predicted molar refractivity (Wildman–Crippen MR) is 73.7 cm³/mol. The van der Waals surface area contributed by atoms with Crippen molar-refractivity contribution in [3.63, 3.8) is 0 Å². The quantitative estimate of drug-likeness (QED) is 0.630. The Labute approximate surface area is 113 Å². The smallest absolute Gasteiger partial charge is 0.293 e. The van der Waals surface area contributed by atoms with Crippen LogP contribution in [0.15, 0.2) is 18.2 Å². The van der Waals surface area contributed by atoms with Gasteiger partial charge in [-0.05, 0) is 37.1 Å². The van der Waals surface area contributed by atoms with E-state index in [1.54, 1.807) is 14.0 Å². The Morgan fingerprint density at radius 3 is 2.84 bits per heavy atom. The summed E-state index contributed by atoms with van der Waals surface area (Å²) in [5, 5.41) is 3.31. The van der Waals surface area contributed by atoms with Crippen molar-refractivity contribution in [2.45, 2.75) is 13.3 Å². The first-order chi connectivity index (χ1) is 9.31. The maximum Gasteiger partial charge on any atom is 0.293 e. The van der Waals surface area contributed by atoms with E-state index in [-0.39, 0.29) is 0 Å². The molecule has 1 N–H and O–H groups in total. The molecule has 0 spiro atoms. The van der Waals surface area contributed by atoms with E-state index in [9.17, 15) is 4.79 Å². The third kappa shape index (κ3) is 5.61. The molecule has 2 rings (SSSR count). The normalized spacial score (nSPS) is 11.7. The van der Waals surface area contributed by atoms with Crippen LogP contribution in [0.5, 0.6) is 5.75 Å². The molecule has 1 aromatic carbocycles. The monoisotopic (exact) mass is 267 g/mol. The highest BCUT2D eigenvalue weighted by Crippen LogP contribution is 2.26. The molecule has 5 heteroatoms. The Hall–Kier alpha value is -1.75. The van der Waals surface area contributed by atoms with Crippen molar-refractivity contribution in [3.05, 3.63) is 23.8 Å². The van der Waals surface area contributed by atoms with Crippen LogP contribution in [-0.2, 0) is 20.7 Å². The van der Waals surface area contributed by atoms with Crippen molar-refractivity contribution < 1.29 is 19.0 Å². The van der Waals surface area contributed by atoms with Gasteiger partial charge in [0.2, 0.25) is 0 Å². The van der Waals surface area contributed by atoms with Gasteiger partial charge in [0.1, 0.15) is 12.4 Å². The zero-order valence-corrected chi connectivity index (χ0v) is 11.5. The SMILES string of the molecule is CCOC=O.COCCOc1ccc2c(c1)CCN2. The molecule has 0 amide bonds. The minimum absolute atomic E-state index is 0.431. The highest BCUT2D eigenvalue weighted by atomic mass is 16.5. The molecule has 0 saturated carbocycles. The molecule has 0 bridgehead atoms. The van der Waals surface area contributed by atoms with E-state index in [0.717, 1.165) is 18.7 Å². The van der Waals surface area contributed by atoms with Crippen LogP contribution < -0.4 is 10.1 Å². The molecule has 0 saturated heterocycles. The molecule has 0 unspecified atom stereocenters. The van der Waals surface area contributed by atoms with E-state index < -0.39 is 0 Å². The maximum absolute atomic E-state index is 9.18. The Bertz CT molecular complexity index is 382. The molecule has 1 heterocycles. The lowest BCUT2D eigenvalue weighted by atomic mass is 10.1. The lowest BCUT2D eigenvalue weighted by molar-refractivity contribution is -0.128. The first-order valence-electron chi connectivity index (χ1n) is 6.35. The standard InChI is InChI=1S/C11H15NO2.C3H6O2/c1-13-6-7-14-10-2-3-11-9(8-10)4-5-12-11;1-2-5-3-4/h2-3,8,12H,4-7H2,1H3;3H,2H2,1H3. The second-order valence-corrected chi connectivity index (χ2v) is 3.89. The largest absolute Gasteiger partial charge is 0.491 e. The highest BCUT2D eigenvalue weighted by molar-refractivity contribution is 5.57. The number of carbonyl (C=O) groups excluding carboxylic acids is 1. The Balaban J connectivity index is 0.000000312. The van der Waals surface area contributed by atoms with E-state index in [1.165, 1.54) is 11.3 Å². The molecule has 0 aliphatic carbocycles. The zero-order valence-electron chi connectivity index (χ0n) is 11.5. The van der Waals surface area contributed by atoms with E-state index in [1.807, 2.05) is 6.07 Å². The fraction of sp³-hybridized carbons (Fsp3) is 0.500. The summed E-state index contributed by atoms with van der Waals surface area (Å²) in [7, 11) is 1.68. The minimum atomic E-state index is 0.431. The van der Waals surface area contributed by atoms with Crippen LogP contribution in [0, 0.1) is 0 Å². The summed E-state index contributed by atoms with van der Waals surface area (Å²) in [5.74, 6) is 0.935. The second kappa shape index (κ2) is 9.22. The van der Waals surface area contributed by atoms with Gasteiger partial charge in [0.05, 0.1) is 13.2 Å². The summed E-state index contributed by atoms with van der Waals surface area (Å²) >= 11 is 0. The molecule has 0 fully saturated rings.